The lowest BCUT2D eigenvalue weighted by Gasteiger charge is -2.46. The summed E-state index contributed by atoms with van der Waals surface area (Å²) in [6.07, 6.45) is 4.36. The van der Waals surface area contributed by atoms with Gasteiger partial charge in [-0.3, -0.25) is 0 Å². The average molecular weight is 345 g/mol. The van der Waals surface area contributed by atoms with Crippen molar-refractivity contribution in [2.45, 2.75) is 38.1 Å². The van der Waals surface area contributed by atoms with Gasteiger partial charge >= 0.3 is 0 Å². The lowest BCUT2D eigenvalue weighted by molar-refractivity contribution is 0.170. The van der Waals surface area contributed by atoms with E-state index >= 15 is 0 Å². The minimum absolute atomic E-state index is 0.0994. The third-order valence-electron chi connectivity index (χ3n) is 4.42. The second kappa shape index (κ2) is 5.61. The molecule has 0 amide bonds. The van der Waals surface area contributed by atoms with Crippen LogP contribution in [0.5, 0.6) is 0 Å². The second-order valence-corrected chi connectivity index (χ2v) is 6.59. The summed E-state index contributed by atoms with van der Waals surface area (Å²) in [4.78, 5) is 0. The van der Waals surface area contributed by atoms with Crippen molar-refractivity contribution >= 4 is 15.9 Å². The molecular formula is C16H17BrN4. The Hall–Kier alpha value is -1.67. The molecule has 0 atom stereocenters. The lowest BCUT2D eigenvalue weighted by atomic mass is 9.57. The SMILES string of the molecule is CCn1cnnc1C1(c2cccc(Br)c2)CC(CC#N)C1. The fraction of sp³-hybridized carbons (Fsp3) is 0.438. The lowest BCUT2D eigenvalue weighted by Crippen LogP contribution is -2.44. The number of nitrogens with zero attached hydrogens (tertiary/aromatic N) is 4. The zero-order valence-corrected chi connectivity index (χ0v) is 13.5. The van der Waals surface area contributed by atoms with Crippen molar-refractivity contribution in [2.24, 2.45) is 5.92 Å². The second-order valence-electron chi connectivity index (χ2n) is 5.67. The van der Waals surface area contributed by atoms with Crippen LogP contribution in [0, 0.1) is 17.2 Å². The van der Waals surface area contributed by atoms with Crippen LogP contribution < -0.4 is 0 Å². The molecule has 108 valence electrons. The standard InChI is InChI=1S/C16H17BrN4/c1-2-21-11-19-20-15(21)16(9-12(10-16)6-7-18)13-4-3-5-14(17)8-13/h3-5,8,11-12H,2,6,9-10H2,1H3. The Balaban J connectivity index is 2.04. The summed E-state index contributed by atoms with van der Waals surface area (Å²) in [5.74, 6) is 1.48. The van der Waals surface area contributed by atoms with Crippen molar-refractivity contribution in [3.63, 3.8) is 0 Å². The van der Waals surface area contributed by atoms with E-state index in [2.05, 4.69) is 61.9 Å². The van der Waals surface area contributed by atoms with Crippen LogP contribution in [0.25, 0.3) is 0 Å². The molecule has 0 unspecified atom stereocenters. The maximum absolute atomic E-state index is 8.93. The van der Waals surface area contributed by atoms with Gasteiger partial charge in [-0.1, -0.05) is 28.1 Å². The molecule has 1 aliphatic carbocycles. The van der Waals surface area contributed by atoms with E-state index < -0.39 is 0 Å². The van der Waals surface area contributed by atoms with Gasteiger partial charge in [0.15, 0.2) is 0 Å². The van der Waals surface area contributed by atoms with Gasteiger partial charge in [-0.2, -0.15) is 5.26 Å². The molecule has 0 spiro atoms. The molecule has 1 saturated carbocycles. The molecule has 1 heterocycles. The predicted octanol–water partition coefficient (Wildman–Crippen LogP) is 3.67. The molecule has 4 nitrogen and oxygen atoms in total. The number of halogens is 1. The summed E-state index contributed by atoms with van der Waals surface area (Å²) in [7, 11) is 0. The summed E-state index contributed by atoms with van der Waals surface area (Å²) >= 11 is 3.56. The number of hydrogen-bond acceptors (Lipinski definition) is 3. The summed E-state index contributed by atoms with van der Waals surface area (Å²) in [6, 6.07) is 10.7. The van der Waals surface area contributed by atoms with E-state index in [-0.39, 0.29) is 5.41 Å². The van der Waals surface area contributed by atoms with Gasteiger partial charge in [0.05, 0.1) is 11.5 Å². The number of benzene rings is 1. The first-order valence-electron chi connectivity index (χ1n) is 7.21. The van der Waals surface area contributed by atoms with Crippen LogP contribution in [0.4, 0.5) is 0 Å². The molecular weight excluding hydrogens is 328 g/mol. The Labute approximate surface area is 132 Å². The highest BCUT2D eigenvalue weighted by molar-refractivity contribution is 9.10. The van der Waals surface area contributed by atoms with Crippen LogP contribution in [0.15, 0.2) is 35.1 Å². The third kappa shape index (κ3) is 2.38. The summed E-state index contributed by atoms with van der Waals surface area (Å²) in [6.45, 7) is 2.97. The van der Waals surface area contributed by atoms with Gasteiger partial charge < -0.3 is 4.57 Å². The zero-order valence-electron chi connectivity index (χ0n) is 12.0. The molecule has 1 aromatic heterocycles. The van der Waals surface area contributed by atoms with Crippen LogP contribution >= 0.6 is 15.9 Å². The van der Waals surface area contributed by atoms with Gasteiger partial charge in [0.25, 0.3) is 0 Å². The molecule has 21 heavy (non-hydrogen) atoms. The summed E-state index contributed by atoms with van der Waals surface area (Å²) < 4.78 is 3.19. The normalized spacial score (nSPS) is 24.3. The first kappa shape index (κ1) is 14.3. The maximum Gasteiger partial charge on any atom is 0.143 e. The molecule has 0 radical (unpaired) electrons. The number of hydrogen-bond donors (Lipinski definition) is 0. The van der Waals surface area contributed by atoms with Gasteiger partial charge in [-0.25, -0.2) is 0 Å². The molecule has 5 heteroatoms. The molecule has 2 aromatic rings. The Morgan fingerprint density at radius 1 is 1.48 bits per heavy atom. The van der Waals surface area contributed by atoms with E-state index in [1.54, 1.807) is 6.33 Å². The van der Waals surface area contributed by atoms with Crippen molar-refractivity contribution in [1.82, 2.24) is 14.8 Å². The Morgan fingerprint density at radius 2 is 2.29 bits per heavy atom. The summed E-state index contributed by atoms with van der Waals surface area (Å²) in [5.41, 5.74) is 1.16. The van der Waals surface area contributed by atoms with E-state index in [1.807, 2.05) is 6.07 Å². The van der Waals surface area contributed by atoms with Gasteiger partial charge in [0.1, 0.15) is 12.2 Å². The molecule has 1 aromatic carbocycles. The fourth-order valence-corrected chi connectivity index (χ4v) is 3.79. The first-order chi connectivity index (χ1) is 10.2. The van der Waals surface area contributed by atoms with Crippen LogP contribution in [0.1, 0.15) is 37.6 Å². The smallest absolute Gasteiger partial charge is 0.143 e. The first-order valence-corrected chi connectivity index (χ1v) is 8.00. The summed E-state index contributed by atoms with van der Waals surface area (Å²) in [5, 5.41) is 17.4. The zero-order chi connectivity index (χ0) is 14.9. The van der Waals surface area contributed by atoms with Gasteiger partial charge in [0, 0.05) is 17.4 Å². The predicted molar refractivity (Wildman–Crippen MR) is 83.6 cm³/mol. The molecule has 0 saturated heterocycles. The van der Waals surface area contributed by atoms with Crippen LogP contribution in [-0.2, 0) is 12.0 Å². The molecule has 1 aliphatic rings. The molecule has 0 N–H and O–H groups in total. The highest BCUT2D eigenvalue weighted by Crippen LogP contribution is 2.53. The molecule has 0 bridgehead atoms. The highest BCUT2D eigenvalue weighted by atomic mass is 79.9. The Kier molecular flexibility index (Phi) is 3.81. The highest BCUT2D eigenvalue weighted by Gasteiger charge is 2.49. The number of rotatable bonds is 4. The Bertz CT molecular complexity index is 680. The average Bonchev–Trinajstić information content (AvgIpc) is 2.91. The van der Waals surface area contributed by atoms with E-state index in [0.717, 1.165) is 29.7 Å². The molecule has 3 rings (SSSR count). The minimum atomic E-state index is -0.0994. The van der Waals surface area contributed by atoms with E-state index in [9.17, 15) is 0 Å². The topological polar surface area (TPSA) is 54.5 Å². The number of nitriles is 1. The maximum atomic E-state index is 8.93. The van der Waals surface area contributed by atoms with Crippen molar-refractivity contribution in [1.29, 1.82) is 5.26 Å². The van der Waals surface area contributed by atoms with Gasteiger partial charge in [-0.15, -0.1) is 10.2 Å². The monoisotopic (exact) mass is 344 g/mol. The van der Waals surface area contributed by atoms with E-state index in [1.165, 1.54) is 5.56 Å². The van der Waals surface area contributed by atoms with E-state index in [0.29, 0.717) is 12.3 Å². The minimum Gasteiger partial charge on any atom is -0.317 e. The van der Waals surface area contributed by atoms with Crippen molar-refractivity contribution < 1.29 is 0 Å². The van der Waals surface area contributed by atoms with Crippen LogP contribution in [-0.4, -0.2) is 14.8 Å². The van der Waals surface area contributed by atoms with Crippen LogP contribution in [0.2, 0.25) is 0 Å². The fourth-order valence-electron chi connectivity index (χ4n) is 3.39. The van der Waals surface area contributed by atoms with Gasteiger partial charge in [0.2, 0.25) is 0 Å². The third-order valence-corrected chi connectivity index (χ3v) is 4.91. The van der Waals surface area contributed by atoms with Crippen molar-refractivity contribution in [3.05, 3.63) is 46.5 Å². The van der Waals surface area contributed by atoms with Crippen molar-refractivity contribution in [3.8, 4) is 6.07 Å². The van der Waals surface area contributed by atoms with E-state index in [4.69, 9.17) is 5.26 Å². The quantitative estimate of drug-likeness (QED) is 0.850. The van der Waals surface area contributed by atoms with Crippen molar-refractivity contribution in [2.75, 3.05) is 0 Å². The van der Waals surface area contributed by atoms with Gasteiger partial charge in [-0.05, 0) is 43.4 Å². The number of aromatic nitrogens is 3. The molecule has 1 fully saturated rings. The Morgan fingerprint density at radius 3 is 2.95 bits per heavy atom. The number of aryl methyl sites for hydroxylation is 1. The molecule has 0 aliphatic heterocycles. The largest absolute Gasteiger partial charge is 0.317 e. The van der Waals surface area contributed by atoms with Crippen LogP contribution in [0.3, 0.4) is 0 Å².